The summed E-state index contributed by atoms with van der Waals surface area (Å²) in [5.41, 5.74) is 0. The largest absolute Gasteiger partial charge is 0.481 e. The molecule has 2 bridgehead atoms. The van der Waals surface area contributed by atoms with Crippen LogP contribution in [0, 0.1) is 5.92 Å². The van der Waals surface area contributed by atoms with E-state index in [2.05, 4.69) is 0 Å². The molecule has 0 aliphatic carbocycles. The van der Waals surface area contributed by atoms with Crippen molar-refractivity contribution in [1.82, 2.24) is 4.90 Å². The standard InChI is InChI=1S/C15H16ClNO3S/c16-9-1-4-11(5-2-9)21-8-14(18)17-10-3-6-13(17)12(7-10)15(19)20/h1-2,4-5,10,12-13H,3,6-8H2,(H,19,20). The average Bonchev–Trinajstić information content (AvgIpc) is 3.04. The van der Waals surface area contributed by atoms with Gasteiger partial charge in [0.1, 0.15) is 0 Å². The van der Waals surface area contributed by atoms with Gasteiger partial charge in [0.2, 0.25) is 5.91 Å². The van der Waals surface area contributed by atoms with E-state index in [1.54, 1.807) is 12.1 Å². The van der Waals surface area contributed by atoms with E-state index in [4.69, 9.17) is 11.6 Å². The Morgan fingerprint density at radius 3 is 2.62 bits per heavy atom. The monoisotopic (exact) mass is 325 g/mol. The highest BCUT2D eigenvalue weighted by Gasteiger charge is 2.50. The Balaban J connectivity index is 1.61. The van der Waals surface area contributed by atoms with Crippen LogP contribution in [-0.4, -0.2) is 39.7 Å². The first-order chi connectivity index (χ1) is 10.1. The van der Waals surface area contributed by atoms with E-state index >= 15 is 0 Å². The van der Waals surface area contributed by atoms with Gasteiger partial charge < -0.3 is 10.0 Å². The number of hydrogen-bond acceptors (Lipinski definition) is 3. The van der Waals surface area contributed by atoms with Crippen LogP contribution in [0.3, 0.4) is 0 Å². The highest BCUT2D eigenvalue weighted by atomic mass is 35.5. The summed E-state index contributed by atoms with van der Waals surface area (Å²) in [6, 6.07) is 7.39. The molecule has 0 radical (unpaired) electrons. The summed E-state index contributed by atoms with van der Waals surface area (Å²) in [5.74, 6) is -0.758. The van der Waals surface area contributed by atoms with Crippen LogP contribution < -0.4 is 0 Å². The summed E-state index contributed by atoms with van der Waals surface area (Å²) in [6.45, 7) is 0. The van der Waals surface area contributed by atoms with Crippen molar-refractivity contribution in [2.75, 3.05) is 5.75 Å². The van der Waals surface area contributed by atoms with E-state index in [1.807, 2.05) is 17.0 Å². The normalized spacial score (nSPS) is 27.1. The molecule has 6 heteroatoms. The second-order valence-corrected chi connectivity index (χ2v) is 7.01. The highest BCUT2D eigenvalue weighted by Crippen LogP contribution is 2.42. The van der Waals surface area contributed by atoms with Gasteiger partial charge in [-0.1, -0.05) is 11.6 Å². The number of carboxylic acid groups (broad SMARTS) is 1. The number of fused-ring (bicyclic) bond motifs is 2. The minimum absolute atomic E-state index is 0.0474. The van der Waals surface area contributed by atoms with Crippen LogP contribution in [0.25, 0.3) is 0 Å². The lowest BCUT2D eigenvalue weighted by Gasteiger charge is -2.22. The summed E-state index contributed by atoms with van der Waals surface area (Å²) >= 11 is 7.30. The van der Waals surface area contributed by atoms with Crippen molar-refractivity contribution in [3.63, 3.8) is 0 Å². The summed E-state index contributed by atoms with van der Waals surface area (Å²) < 4.78 is 0. The molecule has 4 nitrogen and oxygen atoms in total. The minimum Gasteiger partial charge on any atom is -0.481 e. The number of amides is 1. The molecule has 2 heterocycles. The van der Waals surface area contributed by atoms with Crippen molar-refractivity contribution >= 4 is 35.2 Å². The van der Waals surface area contributed by atoms with E-state index in [9.17, 15) is 14.7 Å². The van der Waals surface area contributed by atoms with Crippen molar-refractivity contribution in [1.29, 1.82) is 0 Å². The topological polar surface area (TPSA) is 57.6 Å². The summed E-state index contributed by atoms with van der Waals surface area (Å²) in [5, 5.41) is 9.89. The van der Waals surface area contributed by atoms with Gasteiger partial charge in [0, 0.05) is 22.0 Å². The predicted molar refractivity (Wildman–Crippen MR) is 81.6 cm³/mol. The molecule has 1 amide bonds. The zero-order chi connectivity index (χ0) is 15.0. The zero-order valence-corrected chi connectivity index (χ0v) is 12.9. The highest BCUT2D eigenvalue weighted by molar-refractivity contribution is 8.00. The van der Waals surface area contributed by atoms with Gasteiger partial charge in [0.15, 0.2) is 0 Å². The molecule has 2 aliphatic heterocycles. The molecule has 2 fully saturated rings. The molecule has 21 heavy (non-hydrogen) atoms. The lowest BCUT2D eigenvalue weighted by Crippen LogP contribution is -2.38. The Morgan fingerprint density at radius 1 is 1.29 bits per heavy atom. The third-order valence-electron chi connectivity index (χ3n) is 4.32. The molecule has 2 aliphatic rings. The molecule has 1 N–H and O–H groups in total. The van der Waals surface area contributed by atoms with Crippen LogP contribution >= 0.6 is 23.4 Å². The SMILES string of the molecule is O=C(O)C1CC2CCC1N2C(=O)CSc1ccc(Cl)cc1. The summed E-state index contributed by atoms with van der Waals surface area (Å²) in [4.78, 5) is 26.4. The number of carbonyl (C=O) groups excluding carboxylic acids is 1. The molecular weight excluding hydrogens is 310 g/mol. The fraction of sp³-hybridized carbons (Fsp3) is 0.467. The van der Waals surface area contributed by atoms with Gasteiger partial charge in [-0.3, -0.25) is 9.59 Å². The number of halogens is 1. The van der Waals surface area contributed by atoms with Gasteiger partial charge in [-0.05, 0) is 43.5 Å². The maximum absolute atomic E-state index is 12.4. The first-order valence-electron chi connectivity index (χ1n) is 6.98. The number of thioether (sulfide) groups is 1. The second-order valence-electron chi connectivity index (χ2n) is 5.52. The average molecular weight is 326 g/mol. The number of benzene rings is 1. The lowest BCUT2D eigenvalue weighted by atomic mass is 9.89. The van der Waals surface area contributed by atoms with Crippen molar-refractivity contribution in [2.45, 2.75) is 36.2 Å². The number of rotatable bonds is 4. The number of carbonyl (C=O) groups is 2. The number of carboxylic acids is 1. The number of hydrogen-bond donors (Lipinski definition) is 1. The van der Waals surface area contributed by atoms with Crippen LogP contribution in [0.15, 0.2) is 29.2 Å². The Hall–Kier alpha value is -1.20. The molecule has 1 aromatic rings. The van der Waals surface area contributed by atoms with Crippen LogP contribution in [-0.2, 0) is 9.59 Å². The van der Waals surface area contributed by atoms with E-state index in [0.29, 0.717) is 17.2 Å². The van der Waals surface area contributed by atoms with Crippen LogP contribution in [0.2, 0.25) is 5.02 Å². The van der Waals surface area contributed by atoms with E-state index in [-0.39, 0.29) is 23.9 Å². The molecule has 1 aromatic carbocycles. The maximum Gasteiger partial charge on any atom is 0.308 e. The van der Waals surface area contributed by atoms with Gasteiger partial charge in [-0.2, -0.15) is 0 Å². The predicted octanol–water partition coefficient (Wildman–Crippen LogP) is 2.90. The van der Waals surface area contributed by atoms with Crippen LogP contribution in [0.4, 0.5) is 0 Å². The maximum atomic E-state index is 12.4. The van der Waals surface area contributed by atoms with Crippen molar-refractivity contribution in [3.05, 3.63) is 29.3 Å². The fourth-order valence-electron chi connectivity index (χ4n) is 3.39. The molecule has 0 saturated carbocycles. The minimum atomic E-state index is -0.773. The van der Waals surface area contributed by atoms with E-state index in [1.165, 1.54) is 11.8 Å². The molecule has 3 unspecified atom stereocenters. The van der Waals surface area contributed by atoms with E-state index < -0.39 is 5.97 Å². The van der Waals surface area contributed by atoms with Crippen molar-refractivity contribution < 1.29 is 14.7 Å². The van der Waals surface area contributed by atoms with Gasteiger partial charge >= 0.3 is 5.97 Å². The third-order valence-corrected chi connectivity index (χ3v) is 5.57. The Bertz CT molecular complexity index is 563. The summed E-state index contributed by atoms with van der Waals surface area (Å²) in [6.07, 6.45) is 2.36. The van der Waals surface area contributed by atoms with Gasteiger partial charge in [-0.15, -0.1) is 11.8 Å². The smallest absolute Gasteiger partial charge is 0.308 e. The molecule has 0 spiro atoms. The molecule has 2 saturated heterocycles. The first-order valence-corrected chi connectivity index (χ1v) is 8.35. The Morgan fingerprint density at radius 2 is 2.00 bits per heavy atom. The second kappa shape index (κ2) is 5.89. The molecule has 0 aromatic heterocycles. The van der Waals surface area contributed by atoms with Gasteiger partial charge in [0.25, 0.3) is 0 Å². The number of nitrogens with zero attached hydrogens (tertiary/aromatic N) is 1. The molecule has 112 valence electrons. The van der Waals surface area contributed by atoms with Gasteiger partial charge in [0.05, 0.1) is 11.7 Å². The van der Waals surface area contributed by atoms with Gasteiger partial charge in [-0.25, -0.2) is 0 Å². The molecule has 3 rings (SSSR count). The number of aliphatic carboxylic acids is 1. The zero-order valence-electron chi connectivity index (χ0n) is 11.4. The summed E-state index contributed by atoms with van der Waals surface area (Å²) in [7, 11) is 0. The van der Waals surface area contributed by atoms with Crippen LogP contribution in [0.5, 0.6) is 0 Å². The molecular formula is C15H16ClNO3S. The Kier molecular flexibility index (Phi) is 4.13. The quantitative estimate of drug-likeness (QED) is 0.865. The van der Waals surface area contributed by atoms with Crippen molar-refractivity contribution in [3.8, 4) is 0 Å². The lowest BCUT2D eigenvalue weighted by molar-refractivity contribution is -0.143. The Labute approximate surface area is 132 Å². The first kappa shape index (κ1) is 14.7. The third kappa shape index (κ3) is 2.90. The van der Waals surface area contributed by atoms with E-state index in [0.717, 1.165) is 17.7 Å². The fourth-order valence-corrected chi connectivity index (χ4v) is 4.29. The van der Waals surface area contributed by atoms with Crippen LogP contribution in [0.1, 0.15) is 19.3 Å². The molecule has 3 atom stereocenters. The van der Waals surface area contributed by atoms with Crippen molar-refractivity contribution in [2.24, 2.45) is 5.92 Å².